The summed E-state index contributed by atoms with van der Waals surface area (Å²) in [5.74, 6) is -0.481. The second-order valence-electron chi connectivity index (χ2n) is 5.02. The maximum absolute atomic E-state index is 11.3. The number of aliphatic carboxylic acids is 1. The van der Waals surface area contributed by atoms with Crippen LogP contribution in [0.3, 0.4) is 0 Å². The lowest BCUT2D eigenvalue weighted by Gasteiger charge is -2.21. The van der Waals surface area contributed by atoms with Crippen molar-refractivity contribution >= 4 is 52.3 Å². The molecule has 7 heteroatoms. The second-order valence-corrected chi connectivity index (χ2v) is 6.30. The largest absolute Gasteiger partial charge is 0.480 e. The van der Waals surface area contributed by atoms with E-state index >= 15 is 0 Å². The van der Waals surface area contributed by atoms with Crippen LogP contribution in [-0.4, -0.2) is 29.5 Å². The highest BCUT2D eigenvalue weighted by Gasteiger charge is 2.32. The number of hydrogen-bond donors (Lipinski definition) is 1. The molecule has 1 heterocycles. The van der Waals surface area contributed by atoms with Crippen molar-refractivity contribution in [2.24, 2.45) is 4.99 Å². The molecule has 118 valence electrons. The molecule has 2 aromatic carbocycles. The number of hydrogen-bond acceptors (Lipinski definition) is 3. The number of halogens is 3. The zero-order chi connectivity index (χ0) is 16.6. The van der Waals surface area contributed by atoms with Gasteiger partial charge in [0.25, 0.3) is 0 Å². The molecule has 1 N–H and O–H groups in total. The third-order valence-electron chi connectivity index (χ3n) is 3.48. The summed E-state index contributed by atoms with van der Waals surface area (Å²) in [6, 6.07) is 11.3. The molecule has 1 aliphatic heterocycles. The van der Waals surface area contributed by atoms with Crippen LogP contribution >= 0.6 is 34.8 Å². The average molecular weight is 370 g/mol. The summed E-state index contributed by atoms with van der Waals surface area (Å²) in [6.07, 6.45) is 0. The highest BCUT2D eigenvalue weighted by Crippen LogP contribution is 2.29. The first-order chi connectivity index (χ1) is 11.0. The summed E-state index contributed by atoms with van der Waals surface area (Å²) in [5.41, 5.74) is 1.43. The molecule has 1 aliphatic rings. The van der Waals surface area contributed by atoms with E-state index in [9.17, 15) is 9.90 Å². The molecule has 3 rings (SSSR count). The topological polar surface area (TPSA) is 52.9 Å². The van der Waals surface area contributed by atoms with Crippen molar-refractivity contribution in [3.63, 3.8) is 0 Å². The molecule has 0 fully saturated rings. The normalized spacial score (nSPS) is 17.3. The molecule has 0 saturated heterocycles. The van der Waals surface area contributed by atoms with Crippen LogP contribution in [0, 0.1) is 0 Å². The van der Waals surface area contributed by atoms with Gasteiger partial charge >= 0.3 is 5.97 Å². The molecular formula is C16H11Cl3N2O2. The zero-order valence-corrected chi connectivity index (χ0v) is 14.0. The summed E-state index contributed by atoms with van der Waals surface area (Å²) < 4.78 is 0. The van der Waals surface area contributed by atoms with E-state index in [4.69, 9.17) is 34.8 Å². The van der Waals surface area contributed by atoms with Gasteiger partial charge in [0.05, 0.1) is 11.6 Å². The predicted octanol–water partition coefficient (Wildman–Crippen LogP) is 4.37. The lowest BCUT2D eigenvalue weighted by Crippen LogP contribution is -2.32. The monoisotopic (exact) mass is 368 g/mol. The summed E-state index contributed by atoms with van der Waals surface area (Å²) in [6.45, 7) is 0.227. The van der Waals surface area contributed by atoms with Gasteiger partial charge in [-0.2, -0.15) is 0 Å². The molecule has 23 heavy (non-hydrogen) atoms. The minimum absolute atomic E-state index is 0.227. The van der Waals surface area contributed by atoms with Crippen molar-refractivity contribution in [2.45, 2.75) is 6.04 Å². The molecule has 0 spiro atoms. The third kappa shape index (κ3) is 3.29. The van der Waals surface area contributed by atoms with Crippen LogP contribution in [0.4, 0.5) is 5.69 Å². The number of carbonyl (C=O) groups is 1. The molecule has 0 aliphatic carbocycles. The van der Waals surface area contributed by atoms with Gasteiger partial charge in [-0.1, -0.05) is 34.8 Å². The van der Waals surface area contributed by atoms with Gasteiger partial charge < -0.3 is 10.0 Å². The van der Waals surface area contributed by atoms with Gasteiger partial charge in [-0.15, -0.1) is 0 Å². The first kappa shape index (κ1) is 16.1. The van der Waals surface area contributed by atoms with Crippen LogP contribution in [0.2, 0.25) is 15.1 Å². The Hall–Kier alpha value is -1.75. The van der Waals surface area contributed by atoms with Crippen LogP contribution in [-0.2, 0) is 4.79 Å². The number of carboxylic acids is 1. The van der Waals surface area contributed by atoms with E-state index in [1.807, 2.05) is 17.0 Å². The SMILES string of the molecule is O=C(O)C1CN(c2ccc(Cl)cc2)C(c2ccc(Cl)cc2Cl)=N1. The molecule has 4 nitrogen and oxygen atoms in total. The third-order valence-corrected chi connectivity index (χ3v) is 4.28. The summed E-state index contributed by atoms with van der Waals surface area (Å²) in [7, 11) is 0. The van der Waals surface area contributed by atoms with Gasteiger partial charge in [-0.3, -0.25) is 4.99 Å². The van der Waals surface area contributed by atoms with Crippen LogP contribution < -0.4 is 4.90 Å². The van der Waals surface area contributed by atoms with E-state index < -0.39 is 12.0 Å². The van der Waals surface area contributed by atoms with Crippen LogP contribution in [0.5, 0.6) is 0 Å². The first-order valence-corrected chi connectivity index (χ1v) is 7.88. The molecule has 0 saturated carbocycles. The number of rotatable bonds is 3. The minimum atomic E-state index is -0.982. The van der Waals surface area contributed by atoms with Gasteiger partial charge in [-0.05, 0) is 42.5 Å². The Bertz CT molecular complexity index is 790. The van der Waals surface area contributed by atoms with E-state index in [2.05, 4.69) is 4.99 Å². The minimum Gasteiger partial charge on any atom is -0.480 e. The van der Waals surface area contributed by atoms with Crippen LogP contribution in [0.1, 0.15) is 5.56 Å². The number of aliphatic imine (C=N–C) groups is 1. The van der Waals surface area contributed by atoms with Crippen molar-refractivity contribution < 1.29 is 9.90 Å². The highest BCUT2D eigenvalue weighted by atomic mass is 35.5. The van der Waals surface area contributed by atoms with Gasteiger partial charge in [0.1, 0.15) is 5.84 Å². The van der Waals surface area contributed by atoms with E-state index in [0.29, 0.717) is 26.5 Å². The van der Waals surface area contributed by atoms with Crippen molar-refractivity contribution in [2.75, 3.05) is 11.4 Å². The fourth-order valence-corrected chi connectivity index (χ4v) is 3.00. The number of carboxylic acid groups (broad SMARTS) is 1. The fraction of sp³-hybridized carbons (Fsp3) is 0.125. The van der Waals surface area contributed by atoms with Crippen LogP contribution in [0.25, 0.3) is 0 Å². The van der Waals surface area contributed by atoms with E-state index in [-0.39, 0.29) is 6.54 Å². The van der Waals surface area contributed by atoms with Gasteiger partial charge in [0, 0.05) is 21.3 Å². The number of nitrogens with zero attached hydrogens (tertiary/aromatic N) is 2. The van der Waals surface area contributed by atoms with E-state index in [0.717, 1.165) is 5.69 Å². The molecule has 0 bridgehead atoms. The number of benzene rings is 2. The predicted molar refractivity (Wildman–Crippen MR) is 93.2 cm³/mol. The molecule has 0 radical (unpaired) electrons. The van der Waals surface area contributed by atoms with Gasteiger partial charge in [-0.25, -0.2) is 4.79 Å². The van der Waals surface area contributed by atoms with Gasteiger partial charge in [0.2, 0.25) is 0 Å². The molecule has 2 aromatic rings. The van der Waals surface area contributed by atoms with Gasteiger partial charge in [0.15, 0.2) is 6.04 Å². The van der Waals surface area contributed by atoms with E-state index in [1.165, 1.54) is 0 Å². The standard InChI is InChI=1S/C16H11Cl3N2O2/c17-9-1-4-11(5-2-9)21-8-14(16(22)23)20-15(21)12-6-3-10(18)7-13(12)19/h1-7,14H,8H2,(H,22,23). The smallest absolute Gasteiger partial charge is 0.330 e. The lowest BCUT2D eigenvalue weighted by molar-refractivity contribution is -0.138. The van der Waals surface area contributed by atoms with Crippen molar-refractivity contribution in [1.29, 1.82) is 0 Å². The summed E-state index contributed by atoms with van der Waals surface area (Å²) in [5, 5.41) is 10.8. The molecule has 1 unspecified atom stereocenters. The molecule has 1 atom stereocenters. The molecular weight excluding hydrogens is 359 g/mol. The molecule has 0 amide bonds. The lowest BCUT2D eigenvalue weighted by atomic mass is 10.1. The number of amidine groups is 1. The Morgan fingerprint density at radius 2 is 1.74 bits per heavy atom. The Balaban J connectivity index is 2.06. The van der Waals surface area contributed by atoms with Crippen LogP contribution in [0.15, 0.2) is 47.5 Å². The van der Waals surface area contributed by atoms with Crippen molar-refractivity contribution in [3.05, 3.63) is 63.1 Å². The second kappa shape index (κ2) is 6.40. The summed E-state index contributed by atoms with van der Waals surface area (Å²) >= 11 is 18.1. The summed E-state index contributed by atoms with van der Waals surface area (Å²) in [4.78, 5) is 17.5. The fourth-order valence-electron chi connectivity index (χ4n) is 2.39. The quantitative estimate of drug-likeness (QED) is 0.874. The van der Waals surface area contributed by atoms with Crippen molar-refractivity contribution in [1.82, 2.24) is 0 Å². The Labute approximate surface area is 147 Å². The Kier molecular flexibility index (Phi) is 4.48. The maximum Gasteiger partial charge on any atom is 0.330 e. The Morgan fingerprint density at radius 3 is 2.35 bits per heavy atom. The molecule has 0 aromatic heterocycles. The van der Waals surface area contributed by atoms with Crippen molar-refractivity contribution in [3.8, 4) is 0 Å². The highest BCUT2D eigenvalue weighted by molar-refractivity contribution is 6.37. The zero-order valence-electron chi connectivity index (χ0n) is 11.7. The average Bonchev–Trinajstić information content (AvgIpc) is 2.93. The number of anilines is 1. The Morgan fingerprint density at radius 1 is 1.09 bits per heavy atom. The maximum atomic E-state index is 11.3. The van der Waals surface area contributed by atoms with E-state index in [1.54, 1.807) is 30.3 Å². The first-order valence-electron chi connectivity index (χ1n) is 6.75.